The van der Waals surface area contributed by atoms with Gasteiger partial charge in [0, 0.05) is 0 Å². The van der Waals surface area contributed by atoms with Gasteiger partial charge in [0.05, 0.1) is 0 Å². The first kappa shape index (κ1) is 12.7. The Morgan fingerprint density at radius 2 is 1.89 bits per heavy atom. The van der Waals surface area contributed by atoms with Crippen molar-refractivity contribution < 1.29 is 17.8 Å². The summed E-state index contributed by atoms with van der Waals surface area (Å²) in [5.74, 6) is -2.07. The van der Waals surface area contributed by atoms with Crippen LogP contribution in [0, 0.1) is 0 Å². The summed E-state index contributed by atoms with van der Waals surface area (Å²) in [7, 11) is -4.20. The van der Waals surface area contributed by atoms with E-state index < -0.39 is 21.8 Å². The standard InChI is InChI=1S/C2H5NO4S.K.H/c3-2(4)1-8(5,6)7;;/h1H2,(H2,3,4)(H,5,6,7);;. The van der Waals surface area contributed by atoms with Crippen molar-refractivity contribution in [2.45, 2.75) is 0 Å². The Kier molecular flexibility index (Phi) is 6.72. The van der Waals surface area contributed by atoms with E-state index in [0.717, 1.165) is 0 Å². The predicted molar refractivity (Wildman–Crippen MR) is 32.8 cm³/mol. The molecule has 5 nitrogen and oxygen atoms in total. The van der Waals surface area contributed by atoms with E-state index in [2.05, 4.69) is 5.73 Å². The molecule has 0 spiro atoms. The monoisotopic (exact) mass is 179 g/mol. The molecule has 0 aliphatic heterocycles. The van der Waals surface area contributed by atoms with Gasteiger partial charge in [0.15, 0.2) is 5.75 Å². The van der Waals surface area contributed by atoms with Gasteiger partial charge in [0.2, 0.25) is 5.91 Å². The van der Waals surface area contributed by atoms with E-state index in [0.29, 0.717) is 0 Å². The molecule has 0 rings (SSSR count). The average Bonchev–Trinajstić information content (AvgIpc) is 1.21. The molecule has 1 amide bonds. The van der Waals surface area contributed by atoms with E-state index in [1.807, 2.05) is 0 Å². The van der Waals surface area contributed by atoms with Crippen LogP contribution in [0.25, 0.3) is 0 Å². The Morgan fingerprint density at radius 1 is 1.56 bits per heavy atom. The van der Waals surface area contributed by atoms with Crippen molar-refractivity contribution >= 4 is 67.4 Å². The van der Waals surface area contributed by atoms with Crippen LogP contribution < -0.4 is 5.73 Å². The van der Waals surface area contributed by atoms with Crippen molar-refractivity contribution in [2.24, 2.45) is 5.73 Å². The first-order valence-corrected chi connectivity index (χ1v) is 3.26. The Labute approximate surface area is 95.2 Å². The molecule has 7 heteroatoms. The van der Waals surface area contributed by atoms with Crippen LogP contribution in [-0.4, -0.2) is 76.0 Å². The van der Waals surface area contributed by atoms with Crippen LogP contribution >= 0.6 is 0 Å². The third-order valence-electron chi connectivity index (χ3n) is 0.325. The molecule has 3 N–H and O–H groups in total. The molecule has 0 saturated carbocycles. The predicted octanol–water partition coefficient (Wildman–Crippen LogP) is -2.29. The fourth-order valence-electron chi connectivity index (χ4n) is 0.180. The summed E-state index contributed by atoms with van der Waals surface area (Å²) in [5.41, 5.74) is 4.40. The molecular formula is C2H6KNO4S. The van der Waals surface area contributed by atoms with E-state index in [9.17, 15) is 13.2 Å². The molecule has 9 heavy (non-hydrogen) atoms. The number of primary amides is 1. The van der Waals surface area contributed by atoms with E-state index >= 15 is 0 Å². The summed E-state index contributed by atoms with van der Waals surface area (Å²) in [4.78, 5) is 9.70. The molecule has 0 atom stereocenters. The van der Waals surface area contributed by atoms with Gasteiger partial charge in [-0.2, -0.15) is 8.42 Å². The second kappa shape index (κ2) is 4.77. The van der Waals surface area contributed by atoms with Crippen molar-refractivity contribution in [1.29, 1.82) is 0 Å². The molecule has 50 valence electrons. The number of hydrogen-bond acceptors (Lipinski definition) is 3. The van der Waals surface area contributed by atoms with Crippen LogP contribution in [0.5, 0.6) is 0 Å². The van der Waals surface area contributed by atoms with Crippen LogP contribution in [0.1, 0.15) is 0 Å². The summed E-state index contributed by atoms with van der Waals surface area (Å²) in [6.07, 6.45) is 0. The van der Waals surface area contributed by atoms with Crippen LogP contribution in [-0.2, 0) is 14.9 Å². The van der Waals surface area contributed by atoms with E-state index in [4.69, 9.17) is 4.55 Å². The molecule has 0 saturated heterocycles. The molecule has 0 aromatic carbocycles. The fraction of sp³-hybridized carbons (Fsp3) is 0.500. The first-order chi connectivity index (χ1) is 3.42. The quantitative estimate of drug-likeness (QED) is 0.368. The van der Waals surface area contributed by atoms with Gasteiger partial charge in [0.1, 0.15) is 0 Å². The van der Waals surface area contributed by atoms with E-state index in [1.165, 1.54) is 0 Å². The normalized spacial score (nSPS) is 9.89. The second-order valence-corrected chi connectivity index (χ2v) is 2.65. The summed E-state index contributed by atoms with van der Waals surface area (Å²) < 4.78 is 27.3. The van der Waals surface area contributed by atoms with Crippen molar-refractivity contribution in [1.82, 2.24) is 0 Å². The zero-order valence-corrected chi connectivity index (χ0v) is 4.68. The third kappa shape index (κ3) is 12.3. The number of carbonyl (C=O) groups is 1. The zero-order valence-electron chi connectivity index (χ0n) is 3.86. The molecule has 0 aromatic heterocycles. The van der Waals surface area contributed by atoms with Gasteiger partial charge in [-0.1, -0.05) is 0 Å². The molecule has 0 aromatic rings. The van der Waals surface area contributed by atoms with Crippen molar-refractivity contribution in [3.63, 3.8) is 0 Å². The first-order valence-electron chi connectivity index (χ1n) is 1.65. The number of nitrogens with two attached hydrogens (primary N) is 1. The molecule has 0 heterocycles. The van der Waals surface area contributed by atoms with Gasteiger partial charge in [0.25, 0.3) is 10.1 Å². The number of amides is 1. The van der Waals surface area contributed by atoms with Gasteiger partial charge < -0.3 is 5.73 Å². The maximum atomic E-state index is 9.70. The average molecular weight is 179 g/mol. The van der Waals surface area contributed by atoms with Gasteiger partial charge in [-0.05, 0) is 0 Å². The number of rotatable bonds is 2. The molecule has 0 fully saturated rings. The fourth-order valence-corrected chi connectivity index (χ4v) is 0.539. The number of hydrogen-bond donors (Lipinski definition) is 2. The third-order valence-corrected chi connectivity index (χ3v) is 0.974. The second-order valence-electron chi connectivity index (χ2n) is 1.19. The number of carbonyl (C=O) groups excluding carboxylic acids is 1. The Balaban J connectivity index is 0. The van der Waals surface area contributed by atoms with Crippen molar-refractivity contribution in [2.75, 3.05) is 5.75 Å². The maximum absolute atomic E-state index is 9.70. The Morgan fingerprint density at radius 3 is 1.89 bits per heavy atom. The Hall–Kier alpha value is 1.02. The molecule has 0 unspecified atom stereocenters. The topological polar surface area (TPSA) is 97.5 Å². The SMILES string of the molecule is NC(=O)CS(=O)(=O)O.[KH]. The van der Waals surface area contributed by atoms with Crippen LogP contribution in [0.2, 0.25) is 0 Å². The van der Waals surface area contributed by atoms with Gasteiger partial charge in [-0.15, -0.1) is 0 Å². The molecule has 0 aliphatic rings. The Bertz CT molecular complexity index is 185. The van der Waals surface area contributed by atoms with Crippen LogP contribution in [0.3, 0.4) is 0 Å². The van der Waals surface area contributed by atoms with Crippen LogP contribution in [0.15, 0.2) is 0 Å². The van der Waals surface area contributed by atoms with Gasteiger partial charge in [-0.25, -0.2) is 0 Å². The van der Waals surface area contributed by atoms with Crippen molar-refractivity contribution in [3.8, 4) is 0 Å². The van der Waals surface area contributed by atoms with Crippen LogP contribution in [0.4, 0.5) is 0 Å². The van der Waals surface area contributed by atoms with Crippen molar-refractivity contribution in [3.05, 3.63) is 0 Å². The molecule has 0 bridgehead atoms. The summed E-state index contributed by atoms with van der Waals surface area (Å²) in [6, 6.07) is 0. The minimum absolute atomic E-state index is 0. The van der Waals surface area contributed by atoms with E-state index in [1.54, 1.807) is 0 Å². The molecule has 0 aliphatic carbocycles. The summed E-state index contributed by atoms with van der Waals surface area (Å²) >= 11 is 0. The molecule has 0 radical (unpaired) electrons. The van der Waals surface area contributed by atoms with Gasteiger partial charge in [-0.3, -0.25) is 9.35 Å². The molecular weight excluding hydrogens is 173 g/mol. The van der Waals surface area contributed by atoms with Gasteiger partial charge >= 0.3 is 51.4 Å². The summed E-state index contributed by atoms with van der Waals surface area (Å²) in [6.45, 7) is 0. The minimum atomic E-state index is -4.20. The summed E-state index contributed by atoms with van der Waals surface area (Å²) in [5, 5.41) is 0. The van der Waals surface area contributed by atoms with E-state index in [-0.39, 0.29) is 51.4 Å². The zero-order chi connectivity index (χ0) is 6.78.